The van der Waals surface area contributed by atoms with Crippen LogP contribution in [0.1, 0.15) is 20.8 Å². The number of carbonyl (C=O) groups is 3. The summed E-state index contributed by atoms with van der Waals surface area (Å²) in [5, 5.41) is 10.8. The molecule has 0 spiro atoms. The zero-order valence-corrected chi connectivity index (χ0v) is 17.3. The van der Waals surface area contributed by atoms with Crippen LogP contribution in [0.5, 0.6) is 5.75 Å². The summed E-state index contributed by atoms with van der Waals surface area (Å²) in [7, 11) is 1.31. The Labute approximate surface area is 177 Å². The van der Waals surface area contributed by atoms with Crippen LogP contribution in [-0.4, -0.2) is 67.3 Å². The third-order valence-corrected chi connectivity index (χ3v) is 4.22. The minimum Gasteiger partial charge on any atom is -0.463 e. The average molecular weight is 441 g/mol. The van der Waals surface area contributed by atoms with Gasteiger partial charge in [0, 0.05) is 40.0 Å². The van der Waals surface area contributed by atoms with Gasteiger partial charge in [-0.2, -0.15) is 0 Å². The Kier molecular flexibility index (Phi) is 8.28. The maximum Gasteiger partial charge on any atom is 0.303 e. The maximum atomic E-state index is 11.7. The standard InChI is InChI=1S/C19H23NO11/c1-10(21)27-9-15-16(28-11(2)22)17(26-4)18(29-12(3)23)19(31-15)30-14-7-5-13(6-8-14)20(24)25/h5-8,15-19H,9H2,1-4H3/t15-,16-,17+,18-,19+/m1/s1. The fourth-order valence-electron chi connectivity index (χ4n) is 3.01. The lowest BCUT2D eigenvalue weighted by atomic mass is 9.98. The van der Waals surface area contributed by atoms with Crippen molar-refractivity contribution in [2.24, 2.45) is 0 Å². The molecule has 12 heteroatoms. The highest BCUT2D eigenvalue weighted by molar-refractivity contribution is 5.67. The molecular weight excluding hydrogens is 418 g/mol. The van der Waals surface area contributed by atoms with E-state index >= 15 is 0 Å². The summed E-state index contributed by atoms with van der Waals surface area (Å²) in [6.45, 7) is 3.25. The van der Waals surface area contributed by atoms with Crippen LogP contribution in [-0.2, 0) is 38.1 Å². The molecule has 1 aliphatic rings. The summed E-state index contributed by atoms with van der Waals surface area (Å²) in [6, 6.07) is 5.14. The molecule has 0 N–H and O–H groups in total. The Bertz CT molecular complexity index is 810. The van der Waals surface area contributed by atoms with Gasteiger partial charge < -0.3 is 28.4 Å². The van der Waals surface area contributed by atoms with Crippen LogP contribution >= 0.6 is 0 Å². The molecule has 170 valence electrons. The van der Waals surface area contributed by atoms with Crippen LogP contribution in [0.2, 0.25) is 0 Å². The lowest BCUT2D eigenvalue weighted by Crippen LogP contribution is -2.63. The fourth-order valence-corrected chi connectivity index (χ4v) is 3.01. The van der Waals surface area contributed by atoms with Crippen molar-refractivity contribution in [2.45, 2.75) is 51.5 Å². The van der Waals surface area contributed by atoms with Crippen molar-refractivity contribution in [3.8, 4) is 5.75 Å². The number of methoxy groups -OCH3 is 1. The van der Waals surface area contributed by atoms with Crippen molar-refractivity contribution in [2.75, 3.05) is 13.7 Å². The Morgan fingerprint density at radius 2 is 1.55 bits per heavy atom. The number of ether oxygens (including phenoxy) is 6. The fraction of sp³-hybridized carbons (Fsp3) is 0.526. The first-order valence-corrected chi connectivity index (χ1v) is 9.19. The van der Waals surface area contributed by atoms with E-state index in [0.717, 1.165) is 0 Å². The van der Waals surface area contributed by atoms with Gasteiger partial charge in [0.15, 0.2) is 12.2 Å². The van der Waals surface area contributed by atoms with Crippen molar-refractivity contribution in [3.05, 3.63) is 34.4 Å². The van der Waals surface area contributed by atoms with Crippen LogP contribution in [0.3, 0.4) is 0 Å². The van der Waals surface area contributed by atoms with Crippen molar-refractivity contribution in [1.29, 1.82) is 0 Å². The van der Waals surface area contributed by atoms with E-state index in [0.29, 0.717) is 0 Å². The van der Waals surface area contributed by atoms with Gasteiger partial charge in [-0.3, -0.25) is 24.5 Å². The first-order valence-electron chi connectivity index (χ1n) is 9.19. The average Bonchev–Trinajstić information content (AvgIpc) is 2.68. The van der Waals surface area contributed by atoms with E-state index in [1.54, 1.807) is 0 Å². The number of nitro groups is 1. The van der Waals surface area contributed by atoms with Crippen molar-refractivity contribution in [3.63, 3.8) is 0 Å². The molecule has 5 atom stereocenters. The number of esters is 3. The molecular formula is C19H23NO11. The molecule has 0 saturated carbocycles. The number of carbonyl (C=O) groups excluding carboxylic acids is 3. The number of nitro benzene ring substituents is 1. The van der Waals surface area contributed by atoms with E-state index in [2.05, 4.69) is 0 Å². The van der Waals surface area contributed by atoms with Gasteiger partial charge in [0.05, 0.1) is 4.92 Å². The monoisotopic (exact) mass is 441 g/mol. The Morgan fingerprint density at radius 3 is 2.03 bits per heavy atom. The molecule has 31 heavy (non-hydrogen) atoms. The molecule has 1 aliphatic heterocycles. The first kappa shape index (κ1) is 24.0. The SMILES string of the molecule is CO[C@@H]1[C@@H](OC(C)=O)[C@@H](Oc2ccc([N+](=O)[O-])cc2)O[C@H](COC(C)=O)[C@H]1OC(C)=O. The van der Waals surface area contributed by atoms with Crippen molar-refractivity contribution in [1.82, 2.24) is 0 Å². The van der Waals surface area contributed by atoms with Gasteiger partial charge in [0.1, 0.15) is 24.6 Å². The topological polar surface area (TPSA) is 150 Å². The highest BCUT2D eigenvalue weighted by Gasteiger charge is 2.51. The van der Waals surface area contributed by atoms with Crippen molar-refractivity contribution >= 4 is 23.6 Å². The van der Waals surface area contributed by atoms with Crippen LogP contribution in [0.15, 0.2) is 24.3 Å². The molecule has 0 aliphatic carbocycles. The smallest absolute Gasteiger partial charge is 0.303 e. The summed E-state index contributed by atoms with van der Waals surface area (Å²) in [5.41, 5.74) is -0.147. The predicted octanol–water partition coefficient (Wildman–Crippen LogP) is 1.14. The number of hydrogen-bond acceptors (Lipinski definition) is 11. The van der Waals surface area contributed by atoms with Crippen LogP contribution in [0.4, 0.5) is 5.69 Å². The molecule has 1 fully saturated rings. The second-order valence-corrected chi connectivity index (χ2v) is 6.56. The van der Waals surface area contributed by atoms with Gasteiger partial charge in [0.2, 0.25) is 6.29 Å². The third-order valence-electron chi connectivity index (χ3n) is 4.22. The van der Waals surface area contributed by atoms with Gasteiger partial charge in [0.25, 0.3) is 5.69 Å². The lowest BCUT2D eigenvalue weighted by Gasteiger charge is -2.44. The summed E-state index contributed by atoms with van der Waals surface area (Å²) in [6.07, 6.45) is -5.54. The number of nitrogens with zero attached hydrogens (tertiary/aromatic N) is 1. The number of non-ortho nitro benzene ring substituents is 1. The molecule has 12 nitrogen and oxygen atoms in total. The van der Waals surface area contributed by atoms with Gasteiger partial charge in [-0.25, -0.2) is 0 Å². The van der Waals surface area contributed by atoms with E-state index in [4.69, 9.17) is 28.4 Å². The highest BCUT2D eigenvalue weighted by atomic mass is 16.7. The molecule has 1 aromatic rings. The summed E-state index contributed by atoms with van der Waals surface area (Å²) in [4.78, 5) is 44.8. The van der Waals surface area contributed by atoms with Crippen LogP contribution in [0.25, 0.3) is 0 Å². The molecule has 1 saturated heterocycles. The quantitative estimate of drug-likeness (QED) is 0.247. The molecule has 1 heterocycles. The third kappa shape index (κ3) is 6.62. The van der Waals surface area contributed by atoms with Crippen LogP contribution in [0, 0.1) is 10.1 Å². The normalized spacial score (nSPS) is 25.2. The van der Waals surface area contributed by atoms with E-state index in [-0.39, 0.29) is 18.0 Å². The number of rotatable bonds is 8. The minimum absolute atomic E-state index is 0.147. The van der Waals surface area contributed by atoms with Crippen molar-refractivity contribution < 1.29 is 47.7 Å². The molecule has 0 amide bonds. The van der Waals surface area contributed by atoms with E-state index in [1.807, 2.05) is 0 Å². The molecule has 0 aromatic heterocycles. The number of hydrogen-bond donors (Lipinski definition) is 0. The highest BCUT2D eigenvalue weighted by Crippen LogP contribution is 2.30. The molecule has 0 radical (unpaired) electrons. The second-order valence-electron chi connectivity index (χ2n) is 6.56. The zero-order chi connectivity index (χ0) is 23.1. The second kappa shape index (κ2) is 10.7. The lowest BCUT2D eigenvalue weighted by molar-refractivity contribution is -0.384. The molecule has 1 aromatic carbocycles. The minimum atomic E-state index is -1.26. The largest absolute Gasteiger partial charge is 0.463 e. The Morgan fingerprint density at radius 1 is 0.968 bits per heavy atom. The number of benzene rings is 1. The predicted molar refractivity (Wildman–Crippen MR) is 101 cm³/mol. The van der Waals surface area contributed by atoms with Crippen LogP contribution < -0.4 is 4.74 Å². The molecule has 0 bridgehead atoms. The summed E-state index contributed by atoms with van der Waals surface area (Å²) in [5.74, 6) is -1.73. The summed E-state index contributed by atoms with van der Waals surface area (Å²) >= 11 is 0. The Hall–Kier alpha value is -3.25. The van der Waals surface area contributed by atoms with E-state index < -0.39 is 53.5 Å². The van der Waals surface area contributed by atoms with E-state index in [1.165, 1.54) is 52.1 Å². The Balaban J connectivity index is 2.34. The van der Waals surface area contributed by atoms with Gasteiger partial charge in [-0.15, -0.1) is 0 Å². The van der Waals surface area contributed by atoms with E-state index in [9.17, 15) is 24.5 Å². The van der Waals surface area contributed by atoms with Gasteiger partial charge in [-0.05, 0) is 12.1 Å². The first-order chi connectivity index (χ1) is 14.6. The maximum absolute atomic E-state index is 11.7. The van der Waals surface area contributed by atoms with Gasteiger partial charge >= 0.3 is 17.9 Å². The molecule has 0 unspecified atom stereocenters. The zero-order valence-electron chi connectivity index (χ0n) is 17.3. The summed E-state index contributed by atoms with van der Waals surface area (Å²) < 4.78 is 32.6. The van der Waals surface area contributed by atoms with Gasteiger partial charge in [-0.1, -0.05) is 0 Å². The molecule has 2 rings (SSSR count).